The maximum atomic E-state index is 12.6. The molecule has 2 aromatic rings. The van der Waals surface area contributed by atoms with Gasteiger partial charge in [-0.25, -0.2) is 4.98 Å². The first-order valence-electron chi connectivity index (χ1n) is 11.3. The van der Waals surface area contributed by atoms with Crippen molar-refractivity contribution in [2.75, 3.05) is 36.0 Å². The Morgan fingerprint density at radius 1 is 1.03 bits per heavy atom. The molecule has 0 bridgehead atoms. The number of anilines is 2. The predicted molar refractivity (Wildman–Crippen MR) is 122 cm³/mol. The van der Waals surface area contributed by atoms with E-state index >= 15 is 0 Å². The second kappa shape index (κ2) is 11.5. The summed E-state index contributed by atoms with van der Waals surface area (Å²) in [5.74, 6) is -2.27. The van der Waals surface area contributed by atoms with Gasteiger partial charge in [0.15, 0.2) is 0 Å². The summed E-state index contributed by atoms with van der Waals surface area (Å²) in [6.07, 6.45) is 0.753. The molecule has 0 aromatic carbocycles. The Bertz CT molecular complexity index is 1210. The second-order valence-corrected chi connectivity index (χ2v) is 10.0. The molecule has 0 unspecified atom stereocenters. The van der Waals surface area contributed by atoms with Crippen LogP contribution in [0.3, 0.4) is 0 Å². The number of halogens is 2. The Labute approximate surface area is 247 Å². The van der Waals surface area contributed by atoms with Crippen LogP contribution in [0.25, 0.3) is 0 Å². The molecule has 2 saturated heterocycles. The number of aromatic nitrogens is 3. The number of nitrogens with one attached hydrogen (secondary N) is 2. The van der Waals surface area contributed by atoms with Gasteiger partial charge in [-0.2, -0.15) is 4.98 Å². The fourth-order valence-electron chi connectivity index (χ4n) is 5.02. The minimum absolute atomic E-state index is 0. The predicted octanol–water partition coefficient (Wildman–Crippen LogP) is -6.38. The third-order valence-corrected chi connectivity index (χ3v) is 8.07. The summed E-state index contributed by atoms with van der Waals surface area (Å²) in [6.45, 7) is 3.68. The van der Waals surface area contributed by atoms with Gasteiger partial charge in [0.25, 0.3) is 5.91 Å². The molecule has 0 radical (unpaired) electrons. The van der Waals surface area contributed by atoms with Crippen LogP contribution in [0.15, 0.2) is 6.07 Å². The average molecular weight is 535 g/mol. The molecule has 3 aliphatic rings. The molecule has 2 aromatic heterocycles. The number of hydrogen-bond donors (Lipinski definition) is 2. The van der Waals surface area contributed by atoms with Crippen LogP contribution in [-0.4, -0.2) is 65.0 Å². The van der Waals surface area contributed by atoms with Crippen molar-refractivity contribution in [1.29, 1.82) is 0 Å². The Kier molecular flexibility index (Phi) is 9.22. The van der Waals surface area contributed by atoms with Gasteiger partial charge >= 0.3 is 37.7 Å². The van der Waals surface area contributed by atoms with E-state index in [9.17, 15) is 24.6 Å². The maximum Gasteiger partial charge on any atom is 1.00 e. The first-order valence-corrected chi connectivity index (χ1v) is 12.0. The Morgan fingerprint density at radius 3 is 2.16 bits per heavy atom. The normalized spacial score (nSPS) is 22.5. The number of nitrogens with zero attached hydrogens (tertiary/aromatic N) is 4. The maximum absolute atomic E-state index is 12.6. The van der Waals surface area contributed by atoms with Crippen LogP contribution < -0.4 is 63.1 Å². The third kappa shape index (κ3) is 5.78. The van der Waals surface area contributed by atoms with Gasteiger partial charge in [-0.05, 0) is 19.8 Å². The van der Waals surface area contributed by atoms with E-state index in [0.717, 1.165) is 0 Å². The fraction of sp³-hybridized carbons (Fsp3) is 0.500. The molecule has 1 aliphatic carbocycles. The number of aryl methyl sites for hydroxylation is 1. The number of carboxylic acids is 2. The number of rotatable bonds is 6. The summed E-state index contributed by atoms with van der Waals surface area (Å²) in [5, 5.41) is 26.2. The number of carbonyl (C=O) groups excluding carboxylic acids is 3. The zero-order valence-corrected chi connectivity index (χ0v) is 22.2. The molecule has 37 heavy (non-hydrogen) atoms. The molecule has 2 N–H and O–H groups in total. The van der Waals surface area contributed by atoms with Crippen molar-refractivity contribution in [1.82, 2.24) is 20.3 Å². The zero-order valence-electron chi connectivity index (χ0n) is 20.7. The Morgan fingerprint density at radius 2 is 1.65 bits per heavy atom. The molecule has 0 spiro atoms. The summed E-state index contributed by atoms with van der Waals surface area (Å²) < 4.78 is 0. The van der Waals surface area contributed by atoms with Gasteiger partial charge in [-0.3, -0.25) is 4.79 Å². The van der Waals surface area contributed by atoms with Gasteiger partial charge in [0.05, 0.1) is 21.7 Å². The topological polar surface area (TPSA) is 157 Å². The molecule has 3 atom stereocenters. The molecule has 11 nitrogen and oxygen atoms in total. The second-order valence-electron chi connectivity index (χ2n) is 9.26. The van der Waals surface area contributed by atoms with Crippen LogP contribution in [0, 0.1) is 24.7 Å². The summed E-state index contributed by atoms with van der Waals surface area (Å²) >= 11 is 12.2. The summed E-state index contributed by atoms with van der Waals surface area (Å²) in [7, 11) is 0. The standard InChI is InChI=1S/C22H24Cl2N6O5.2Li/c1-9-15(23)16(24)18(25-9)19(31)28-17-11-7-30(8-12(11)17)14-6-13(21(34)35)26-22(27-14)29-4-2-10(3-5-29)20(32)33;;/h6,10-12,17,25H,2-5,7-8H2,1H3,(H,28,31)(H,32,33)(H,34,35);;/q;2*+1/p-2/t11-,12+,17-;;. The van der Waals surface area contributed by atoms with Gasteiger partial charge in [-0.1, -0.05) is 23.2 Å². The van der Waals surface area contributed by atoms with E-state index in [1.807, 2.05) is 4.90 Å². The number of H-pyrrole nitrogens is 1. The number of carbonyl (C=O) groups is 3. The van der Waals surface area contributed by atoms with Crippen LogP contribution >= 0.6 is 23.2 Å². The SMILES string of the molecule is Cc1[nH]c(C(=O)N[C@@H]2[C@@H]3CN(c4cc(C(=O)[O-])nc(N5CCC(C(=O)[O-])CC5)n4)C[C@@H]32)c(Cl)c1Cl.[Li+].[Li+]. The molecule has 2 aliphatic heterocycles. The Balaban J connectivity index is 0.00000190. The number of aromatic amines is 1. The molecule has 3 fully saturated rings. The molecule has 5 rings (SSSR count). The molecular formula is C22H22Cl2Li2N6O5. The summed E-state index contributed by atoms with van der Waals surface area (Å²) in [4.78, 5) is 50.7. The number of aromatic carboxylic acids is 1. The van der Waals surface area contributed by atoms with Gasteiger partial charge in [0.1, 0.15) is 11.5 Å². The van der Waals surface area contributed by atoms with E-state index in [1.165, 1.54) is 6.07 Å². The molecule has 4 heterocycles. The van der Waals surface area contributed by atoms with Gasteiger partial charge < -0.3 is 39.9 Å². The Hall–Kier alpha value is -1.86. The van der Waals surface area contributed by atoms with Gasteiger partial charge in [0, 0.05) is 67.7 Å². The van der Waals surface area contributed by atoms with Crippen LogP contribution in [-0.2, 0) is 4.79 Å². The fourth-order valence-corrected chi connectivity index (χ4v) is 5.44. The van der Waals surface area contributed by atoms with E-state index in [0.29, 0.717) is 55.6 Å². The first kappa shape index (κ1) is 29.7. The van der Waals surface area contributed by atoms with Gasteiger partial charge in [-0.15, -0.1) is 0 Å². The molecular weight excluding hydrogens is 513 g/mol. The van der Waals surface area contributed by atoms with Crippen LogP contribution in [0.4, 0.5) is 11.8 Å². The van der Waals surface area contributed by atoms with Gasteiger partial charge in [0.2, 0.25) is 5.95 Å². The smallest absolute Gasteiger partial charge is 0.550 e. The number of fused-ring (bicyclic) bond motifs is 1. The van der Waals surface area contributed by atoms with Crippen molar-refractivity contribution in [3.63, 3.8) is 0 Å². The van der Waals surface area contributed by atoms with Crippen LogP contribution in [0.5, 0.6) is 0 Å². The third-order valence-electron chi connectivity index (χ3n) is 7.12. The van der Waals surface area contributed by atoms with Crippen LogP contribution in [0.1, 0.15) is 39.5 Å². The van der Waals surface area contributed by atoms with E-state index in [-0.39, 0.29) is 83.9 Å². The quantitative estimate of drug-likeness (QED) is 0.344. The molecule has 186 valence electrons. The number of piperidine rings is 2. The van der Waals surface area contributed by atoms with Crippen molar-refractivity contribution < 1.29 is 62.3 Å². The molecule has 1 saturated carbocycles. The van der Waals surface area contributed by atoms with Crippen molar-refractivity contribution in [2.45, 2.75) is 25.8 Å². The number of carboxylic acid groups (broad SMARTS) is 2. The molecule has 1 amide bonds. The minimum Gasteiger partial charge on any atom is -0.550 e. The largest absolute Gasteiger partial charge is 1.00 e. The monoisotopic (exact) mass is 534 g/mol. The minimum atomic E-state index is -1.41. The molecule has 15 heteroatoms. The first-order chi connectivity index (χ1) is 16.6. The zero-order chi connectivity index (χ0) is 25.0. The summed E-state index contributed by atoms with van der Waals surface area (Å²) in [5.41, 5.74) is 0.625. The van der Waals surface area contributed by atoms with Crippen LogP contribution in [0.2, 0.25) is 10.0 Å². The number of aliphatic carboxylic acids is 1. The number of hydrogen-bond acceptors (Lipinski definition) is 9. The average Bonchev–Trinajstić information content (AvgIpc) is 3.15. The van der Waals surface area contributed by atoms with E-state index in [4.69, 9.17) is 23.2 Å². The van der Waals surface area contributed by atoms with Crippen molar-refractivity contribution >= 4 is 52.8 Å². The summed E-state index contributed by atoms with van der Waals surface area (Å²) in [6, 6.07) is 1.36. The van der Waals surface area contributed by atoms with Crippen molar-refractivity contribution in [3.8, 4) is 0 Å². The van der Waals surface area contributed by atoms with Crippen molar-refractivity contribution in [2.24, 2.45) is 17.8 Å². The van der Waals surface area contributed by atoms with Crippen molar-refractivity contribution in [3.05, 3.63) is 33.2 Å². The van der Waals surface area contributed by atoms with E-state index < -0.39 is 17.9 Å². The number of amides is 1. The van der Waals surface area contributed by atoms with E-state index in [2.05, 4.69) is 20.3 Å². The van der Waals surface area contributed by atoms with E-state index in [1.54, 1.807) is 11.8 Å².